The SMILES string of the molecule is O=C(NC1(C(=O)O)CCCC1)c1cccc(C(F)F)c1. The minimum Gasteiger partial charge on any atom is -0.480 e. The Morgan fingerprint density at radius 3 is 2.45 bits per heavy atom. The molecule has 0 spiro atoms. The number of hydrogen-bond donors (Lipinski definition) is 2. The molecule has 0 radical (unpaired) electrons. The molecule has 0 aliphatic heterocycles. The molecule has 1 aliphatic rings. The van der Waals surface area contributed by atoms with Crippen LogP contribution in [0.4, 0.5) is 8.78 Å². The average molecular weight is 283 g/mol. The topological polar surface area (TPSA) is 66.4 Å². The van der Waals surface area contributed by atoms with E-state index in [1.807, 2.05) is 0 Å². The van der Waals surface area contributed by atoms with Crippen molar-refractivity contribution in [1.82, 2.24) is 5.32 Å². The lowest BCUT2D eigenvalue weighted by Crippen LogP contribution is -2.52. The number of aliphatic carboxylic acids is 1. The molecule has 1 aromatic rings. The van der Waals surface area contributed by atoms with Crippen LogP contribution in [0.1, 0.15) is 48.0 Å². The molecular weight excluding hydrogens is 268 g/mol. The van der Waals surface area contributed by atoms with E-state index in [9.17, 15) is 23.5 Å². The highest BCUT2D eigenvalue weighted by Gasteiger charge is 2.42. The van der Waals surface area contributed by atoms with Gasteiger partial charge in [0, 0.05) is 11.1 Å². The summed E-state index contributed by atoms with van der Waals surface area (Å²) in [6, 6.07) is 5.07. The van der Waals surface area contributed by atoms with Gasteiger partial charge in [-0.25, -0.2) is 13.6 Å². The molecule has 1 aliphatic carbocycles. The Balaban J connectivity index is 2.19. The van der Waals surface area contributed by atoms with Gasteiger partial charge in [0.05, 0.1) is 0 Å². The van der Waals surface area contributed by atoms with E-state index in [4.69, 9.17) is 0 Å². The highest BCUT2D eigenvalue weighted by atomic mass is 19.3. The fourth-order valence-corrected chi connectivity index (χ4v) is 2.48. The largest absolute Gasteiger partial charge is 0.480 e. The number of benzene rings is 1. The first-order chi connectivity index (χ1) is 9.44. The number of rotatable bonds is 4. The summed E-state index contributed by atoms with van der Waals surface area (Å²) in [4.78, 5) is 23.4. The number of carboxylic acid groups (broad SMARTS) is 1. The van der Waals surface area contributed by atoms with Crippen LogP contribution in [-0.4, -0.2) is 22.5 Å². The van der Waals surface area contributed by atoms with Crippen molar-refractivity contribution >= 4 is 11.9 Å². The van der Waals surface area contributed by atoms with Gasteiger partial charge in [-0.3, -0.25) is 4.79 Å². The van der Waals surface area contributed by atoms with E-state index in [-0.39, 0.29) is 11.1 Å². The van der Waals surface area contributed by atoms with Crippen LogP contribution in [0, 0.1) is 0 Å². The van der Waals surface area contributed by atoms with E-state index in [0.29, 0.717) is 12.8 Å². The number of amides is 1. The summed E-state index contributed by atoms with van der Waals surface area (Å²) in [7, 11) is 0. The zero-order valence-corrected chi connectivity index (χ0v) is 10.7. The Labute approximate surface area is 114 Å². The zero-order valence-electron chi connectivity index (χ0n) is 10.7. The third-order valence-corrected chi connectivity index (χ3v) is 3.62. The molecule has 1 saturated carbocycles. The normalized spacial score (nSPS) is 17.1. The van der Waals surface area contributed by atoms with Gasteiger partial charge in [-0.05, 0) is 25.0 Å². The predicted molar refractivity (Wildman–Crippen MR) is 67.7 cm³/mol. The van der Waals surface area contributed by atoms with E-state index in [1.165, 1.54) is 18.2 Å². The van der Waals surface area contributed by atoms with Crippen molar-refractivity contribution in [3.8, 4) is 0 Å². The molecule has 1 aromatic carbocycles. The summed E-state index contributed by atoms with van der Waals surface area (Å²) in [6.07, 6.45) is -0.485. The van der Waals surface area contributed by atoms with Gasteiger partial charge in [0.2, 0.25) is 0 Å². The Morgan fingerprint density at radius 1 is 1.25 bits per heavy atom. The van der Waals surface area contributed by atoms with Crippen LogP contribution in [0.2, 0.25) is 0 Å². The third kappa shape index (κ3) is 2.79. The molecule has 2 N–H and O–H groups in total. The molecule has 0 unspecified atom stereocenters. The maximum absolute atomic E-state index is 12.6. The molecule has 4 nitrogen and oxygen atoms in total. The smallest absolute Gasteiger partial charge is 0.329 e. The van der Waals surface area contributed by atoms with Gasteiger partial charge in [-0.15, -0.1) is 0 Å². The highest BCUT2D eigenvalue weighted by molar-refractivity contribution is 5.98. The number of carboxylic acids is 1. The molecule has 0 heterocycles. The van der Waals surface area contributed by atoms with E-state index in [2.05, 4.69) is 5.32 Å². The Morgan fingerprint density at radius 2 is 1.90 bits per heavy atom. The lowest BCUT2D eigenvalue weighted by molar-refractivity contribution is -0.144. The standard InChI is InChI=1S/C14H15F2NO3/c15-11(16)9-4-3-5-10(8-9)12(18)17-14(13(19)20)6-1-2-7-14/h3-5,8,11H,1-2,6-7H2,(H,17,18)(H,19,20). The molecule has 20 heavy (non-hydrogen) atoms. The second-order valence-corrected chi connectivity index (χ2v) is 4.97. The van der Waals surface area contributed by atoms with Gasteiger partial charge in [-0.1, -0.05) is 25.0 Å². The molecule has 108 valence electrons. The van der Waals surface area contributed by atoms with Gasteiger partial charge in [0.25, 0.3) is 12.3 Å². The Kier molecular flexibility index (Phi) is 4.01. The van der Waals surface area contributed by atoms with Crippen molar-refractivity contribution in [1.29, 1.82) is 0 Å². The van der Waals surface area contributed by atoms with E-state index < -0.39 is 23.8 Å². The molecule has 6 heteroatoms. The molecular formula is C14H15F2NO3. The Bertz CT molecular complexity index is 525. The van der Waals surface area contributed by atoms with Gasteiger partial charge in [0.15, 0.2) is 0 Å². The quantitative estimate of drug-likeness (QED) is 0.893. The maximum atomic E-state index is 12.6. The summed E-state index contributed by atoms with van der Waals surface area (Å²) in [5.74, 6) is -1.70. The third-order valence-electron chi connectivity index (χ3n) is 3.62. The summed E-state index contributed by atoms with van der Waals surface area (Å²) < 4.78 is 25.2. The Hall–Kier alpha value is -1.98. The number of halogens is 2. The number of hydrogen-bond acceptors (Lipinski definition) is 2. The van der Waals surface area contributed by atoms with E-state index in [1.54, 1.807) is 0 Å². The number of carbonyl (C=O) groups is 2. The van der Waals surface area contributed by atoms with Crippen LogP contribution in [0.25, 0.3) is 0 Å². The fraction of sp³-hybridized carbons (Fsp3) is 0.429. The maximum Gasteiger partial charge on any atom is 0.329 e. The van der Waals surface area contributed by atoms with Crippen molar-refractivity contribution in [3.05, 3.63) is 35.4 Å². The number of nitrogens with one attached hydrogen (secondary N) is 1. The van der Waals surface area contributed by atoms with Crippen LogP contribution in [0.15, 0.2) is 24.3 Å². The van der Waals surface area contributed by atoms with Crippen LogP contribution in [0.5, 0.6) is 0 Å². The molecule has 2 rings (SSSR count). The molecule has 0 bridgehead atoms. The first kappa shape index (κ1) is 14.4. The lowest BCUT2D eigenvalue weighted by Gasteiger charge is -2.25. The number of carbonyl (C=O) groups excluding carboxylic acids is 1. The van der Waals surface area contributed by atoms with Crippen molar-refractivity contribution in [2.75, 3.05) is 0 Å². The summed E-state index contributed by atoms with van der Waals surface area (Å²) in [5, 5.41) is 11.8. The molecule has 0 aromatic heterocycles. The van der Waals surface area contributed by atoms with Crippen LogP contribution < -0.4 is 5.32 Å². The van der Waals surface area contributed by atoms with Crippen molar-refractivity contribution < 1.29 is 23.5 Å². The average Bonchev–Trinajstić information content (AvgIpc) is 2.88. The van der Waals surface area contributed by atoms with Crippen LogP contribution in [0.3, 0.4) is 0 Å². The van der Waals surface area contributed by atoms with E-state index in [0.717, 1.165) is 18.9 Å². The predicted octanol–water partition coefficient (Wildman–Crippen LogP) is 2.75. The van der Waals surface area contributed by atoms with Crippen LogP contribution >= 0.6 is 0 Å². The first-order valence-corrected chi connectivity index (χ1v) is 6.39. The highest BCUT2D eigenvalue weighted by Crippen LogP contribution is 2.30. The molecule has 0 atom stereocenters. The van der Waals surface area contributed by atoms with Gasteiger partial charge >= 0.3 is 5.97 Å². The summed E-state index contributed by atoms with van der Waals surface area (Å²) in [5.41, 5.74) is -1.47. The second kappa shape index (κ2) is 5.56. The first-order valence-electron chi connectivity index (χ1n) is 6.39. The minimum atomic E-state index is -2.66. The lowest BCUT2D eigenvalue weighted by atomic mass is 9.97. The van der Waals surface area contributed by atoms with Crippen molar-refractivity contribution in [3.63, 3.8) is 0 Å². The van der Waals surface area contributed by atoms with E-state index >= 15 is 0 Å². The minimum absolute atomic E-state index is 0.0512. The second-order valence-electron chi connectivity index (χ2n) is 4.97. The molecule has 0 saturated heterocycles. The summed E-state index contributed by atoms with van der Waals surface area (Å²) >= 11 is 0. The van der Waals surface area contributed by atoms with Gasteiger partial charge < -0.3 is 10.4 Å². The zero-order chi connectivity index (χ0) is 14.8. The van der Waals surface area contributed by atoms with Gasteiger partial charge in [-0.2, -0.15) is 0 Å². The molecule has 1 amide bonds. The fourth-order valence-electron chi connectivity index (χ4n) is 2.48. The van der Waals surface area contributed by atoms with Gasteiger partial charge in [0.1, 0.15) is 5.54 Å². The molecule has 1 fully saturated rings. The van der Waals surface area contributed by atoms with Crippen molar-refractivity contribution in [2.45, 2.75) is 37.6 Å². The van der Waals surface area contributed by atoms with Crippen molar-refractivity contribution in [2.24, 2.45) is 0 Å². The summed E-state index contributed by atoms with van der Waals surface area (Å²) in [6.45, 7) is 0. The number of alkyl halides is 2. The van der Waals surface area contributed by atoms with Crippen LogP contribution in [-0.2, 0) is 4.79 Å². The monoisotopic (exact) mass is 283 g/mol.